The Hall–Kier alpha value is -3.05. The maximum Gasteiger partial charge on any atom is 0.344 e. The molecule has 0 saturated carbocycles. The van der Waals surface area contributed by atoms with Crippen molar-refractivity contribution in [3.8, 4) is 17.6 Å². The molecule has 29 heavy (non-hydrogen) atoms. The molecule has 0 spiro atoms. The molecule has 8 heteroatoms. The van der Waals surface area contributed by atoms with E-state index in [0.717, 1.165) is 12.8 Å². The summed E-state index contributed by atoms with van der Waals surface area (Å²) >= 11 is 0. The first-order chi connectivity index (χ1) is 14.1. The van der Waals surface area contributed by atoms with Gasteiger partial charge in [0.1, 0.15) is 11.6 Å². The summed E-state index contributed by atoms with van der Waals surface area (Å²) in [6, 6.07) is 6.86. The van der Waals surface area contributed by atoms with E-state index in [1.54, 1.807) is 25.1 Å². The third kappa shape index (κ3) is 7.12. The van der Waals surface area contributed by atoms with E-state index in [2.05, 4.69) is 5.32 Å². The van der Waals surface area contributed by atoms with Gasteiger partial charge in [0.05, 0.1) is 19.3 Å². The highest BCUT2D eigenvalue weighted by Gasteiger charge is 2.18. The van der Waals surface area contributed by atoms with Crippen LogP contribution in [0.4, 0.5) is 0 Å². The van der Waals surface area contributed by atoms with Crippen molar-refractivity contribution < 1.29 is 28.5 Å². The number of nitriles is 1. The zero-order chi connectivity index (χ0) is 21.1. The molecular formula is C21H26N2O6. The molecule has 2 rings (SSSR count). The largest absolute Gasteiger partial charge is 0.490 e. The predicted octanol–water partition coefficient (Wildman–Crippen LogP) is 2.23. The van der Waals surface area contributed by atoms with Gasteiger partial charge in [-0.15, -0.1) is 0 Å². The first-order valence-electron chi connectivity index (χ1n) is 9.64. The fraction of sp³-hybridized carbons (Fsp3) is 0.476. The average molecular weight is 402 g/mol. The van der Waals surface area contributed by atoms with Crippen LogP contribution in [0.15, 0.2) is 23.8 Å². The second kappa shape index (κ2) is 11.7. The molecule has 0 bridgehead atoms. The van der Waals surface area contributed by atoms with Gasteiger partial charge in [0.2, 0.25) is 0 Å². The van der Waals surface area contributed by atoms with Crippen molar-refractivity contribution in [2.45, 2.75) is 32.8 Å². The topological polar surface area (TPSA) is 107 Å². The van der Waals surface area contributed by atoms with Crippen LogP contribution in [0.25, 0.3) is 6.08 Å². The Labute approximate surface area is 170 Å². The minimum atomic E-state index is -0.478. The molecule has 1 fully saturated rings. The Kier molecular flexibility index (Phi) is 8.99. The molecule has 1 saturated heterocycles. The van der Waals surface area contributed by atoms with Gasteiger partial charge >= 0.3 is 5.97 Å². The molecule has 1 aromatic rings. The number of esters is 1. The molecule has 8 nitrogen and oxygen atoms in total. The van der Waals surface area contributed by atoms with Crippen LogP contribution in [-0.4, -0.2) is 51.0 Å². The number of ether oxygens (including phenoxy) is 4. The molecule has 1 amide bonds. The van der Waals surface area contributed by atoms with Gasteiger partial charge in [-0.05, 0) is 50.5 Å². The lowest BCUT2D eigenvalue weighted by molar-refractivity contribution is -0.145. The second-order valence-corrected chi connectivity index (χ2v) is 6.25. The molecule has 1 aliphatic heterocycles. The van der Waals surface area contributed by atoms with Crippen LogP contribution in [0.3, 0.4) is 0 Å². The lowest BCUT2D eigenvalue weighted by atomic mass is 10.1. The number of carbonyl (C=O) groups excluding carboxylic acids is 2. The number of carbonyl (C=O) groups is 2. The van der Waals surface area contributed by atoms with Crippen molar-refractivity contribution in [2.24, 2.45) is 0 Å². The van der Waals surface area contributed by atoms with Crippen molar-refractivity contribution in [3.05, 3.63) is 29.3 Å². The van der Waals surface area contributed by atoms with Crippen LogP contribution in [0.5, 0.6) is 11.5 Å². The summed E-state index contributed by atoms with van der Waals surface area (Å²) in [4.78, 5) is 23.8. The number of nitrogens with zero attached hydrogens (tertiary/aromatic N) is 1. The predicted molar refractivity (Wildman–Crippen MR) is 105 cm³/mol. The van der Waals surface area contributed by atoms with E-state index in [4.69, 9.17) is 18.9 Å². The quantitative estimate of drug-likeness (QED) is 0.363. The standard InChI is InChI=1S/C21H26N2O6/c1-3-26-19-11-15(7-8-18(19)29-14-20(24)27-4-2)10-16(12-22)21(25)23-13-17-6-5-9-28-17/h7-8,10-11,17H,3-6,9,13-14H2,1-2H3,(H,23,25). The minimum Gasteiger partial charge on any atom is -0.490 e. The molecule has 1 heterocycles. The average Bonchev–Trinajstić information content (AvgIpc) is 3.23. The number of hydrogen-bond acceptors (Lipinski definition) is 7. The van der Waals surface area contributed by atoms with E-state index >= 15 is 0 Å². The van der Waals surface area contributed by atoms with E-state index < -0.39 is 11.9 Å². The van der Waals surface area contributed by atoms with Crippen molar-refractivity contribution in [2.75, 3.05) is 33.0 Å². The lowest BCUT2D eigenvalue weighted by Gasteiger charge is -2.12. The molecule has 1 unspecified atom stereocenters. The highest BCUT2D eigenvalue weighted by atomic mass is 16.6. The summed E-state index contributed by atoms with van der Waals surface area (Å²) in [5.41, 5.74) is 0.575. The zero-order valence-corrected chi connectivity index (χ0v) is 16.7. The normalized spacial score (nSPS) is 16.0. The Balaban J connectivity index is 2.08. The van der Waals surface area contributed by atoms with Gasteiger partial charge < -0.3 is 24.3 Å². The van der Waals surface area contributed by atoms with E-state index in [1.807, 2.05) is 13.0 Å². The maximum atomic E-state index is 12.3. The van der Waals surface area contributed by atoms with Crippen molar-refractivity contribution in [1.82, 2.24) is 5.32 Å². The molecule has 1 aromatic carbocycles. The third-order valence-electron chi connectivity index (χ3n) is 4.11. The summed E-state index contributed by atoms with van der Waals surface area (Å²) in [5, 5.41) is 12.1. The van der Waals surface area contributed by atoms with E-state index in [-0.39, 0.29) is 24.9 Å². The fourth-order valence-corrected chi connectivity index (χ4v) is 2.76. The highest BCUT2D eigenvalue weighted by Crippen LogP contribution is 2.29. The van der Waals surface area contributed by atoms with Crippen molar-refractivity contribution in [1.29, 1.82) is 5.26 Å². The summed E-state index contributed by atoms with van der Waals surface area (Å²) in [5.74, 6) is -0.154. The molecular weight excluding hydrogens is 376 g/mol. The first-order valence-corrected chi connectivity index (χ1v) is 9.64. The Morgan fingerprint density at radius 1 is 1.28 bits per heavy atom. The first kappa shape index (κ1) is 22.2. The molecule has 156 valence electrons. The smallest absolute Gasteiger partial charge is 0.344 e. The van der Waals surface area contributed by atoms with E-state index in [9.17, 15) is 14.9 Å². The van der Waals surface area contributed by atoms with Gasteiger partial charge in [-0.1, -0.05) is 6.07 Å². The monoisotopic (exact) mass is 402 g/mol. The zero-order valence-electron chi connectivity index (χ0n) is 16.7. The van der Waals surface area contributed by atoms with Crippen LogP contribution in [0, 0.1) is 11.3 Å². The number of benzene rings is 1. The molecule has 1 atom stereocenters. The van der Waals surface area contributed by atoms with Gasteiger partial charge in [-0.2, -0.15) is 5.26 Å². The van der Waals surface area contributed by atoms with Crippen LogP contribution in [-0.2, 0) is 19.1 Å². The van der Waals surface area contributed by atoms with Gasteiger partial charge in [-0.25, -0.2) is 4.79 Å². The molecule has 1 N–H and O–H groups in total. The number of amides is 1. The minimum absolute atomic E-state index is 0.000666. The second-order valence-electron chi connectivity index (χ2n) is 6.25. The van der Waals surface area contributed by atoms with Gasteiger partial charge in [0.15, 0.2) is 18.1 Å². The summed E-state index contributed by atoms with van der Waals surface area (Å²) < 4.78 is 21.3. The van der Waals surface area contributed by atoms with Crippen molar-refractivity contribution in [3.63, 3.8) is 0 Å². The maximum absolute atomic E-state index is 12.3. The fourth-order valence-electron chi connectivity index (χ4n) is 2.76. The van der Waals surface area contributed by atoms with Crippen LogP contribution >= 0.6 is 0 Å². The highest BCUT2D eigenvalue weighted by molar-refractivity contribution is 6.01. The molecule has 0 radical (unpaired) electrons. The van der Waals surface area contributed by atoms with Gasteiger partial charge in [0.25, 0.3) is 5.91 Å². The van der Waals surface area contributed by atoms with Crippen LogP contribution < -0.4 is 14.8 Å². The number of nitrogens with one attached hydrogen (secondary N) is 1. The third-order valence-corrected chi connectivity index (χ3v) is 4.11. The Morgan fingerprint density at radius 2 is 2.10 bits per heavy atom. The van der Waals surface area contributed by atoms with E-state index in [1.165, 1.54) is 6.08 Å². The Bertz CT molecular complexity index is 778. The van der Waals surface area contributed by atoms with Crippen LogP contribution in [0.2, 0.25) is 0 Å². The number of rotatable bonds is 10. The van der Waals surface area contributed by atoms with Gasteiger partial charge in [-0.3, -0.25) is 4.79 Å². The van der Waals surface area contributed by atoms with Crippen molar-refractivity contribution >= 4 is 18.0 Å². The Morgan fingerprint density at radius 3 is 2.76 bits per heavy atom. The molecule has 0 aromatic heterocycles. The number of hydrogen-bond donors (Lipinski definition) is 1. The van der Waals surface area contributed by atoms with E-state index in [0.29, 0.717) is 36.8 Å². The van der Waals surface area contributed by atoms with Crippen LogP contribution in [0.1, 0.15) is 32.3 Å². The summed E-state index contributed by atoms with van der Waals surface area (Å²) in [6.07, 6.45) is 3.35. The summed E-state index contributed by atoms with van der Waals surface area (Å²) in [6.45, 7) is 5.03. The lowest BCUT2D eigenvalue weighted by Crippen LogP contribution is -2.32. The summed E-state index contributed by atoms with van der Waals surface area (Å²) in [7, 11) is 0. The molecule has 1 aliphatic rings. The van der Waals surface area contributed by atoms with Gasteiger partial charge in [0, 0.05) is 13.2 Å². The molecule has 0 aliphatic carbocycles. The SMILES string of the molecule is CCOC(=O)COc1ccc(C=C(C#N)C(=O)NCC2CCCO2)cc1OCC.